The quantitative estimate of drug-likeness (QED) is 0.864. The van der Waals surface area contributed by atoms with Crippen LogP contribution in [0.4, 0.5) is 4.39 Å². The minimum Gasteiger partial charge on any atom is -0.464 e. The van der Waals surface area contributed by atoms with Gasteiger partial charge in [0.1, 0.15) is 27.8 Å². The molecule has 0 radical (unpaired) electrons. The first-order valence-corrected chi connectivity index (χ1v) is 8.41. The smallest absolute Gasteiger partial charge is 0.256 e. The van der Waals surface area contributed by atoms with Crippen molar-refractivity contribution in [3.8, 4) is 0 Å². The molecule has 6 nitrogen and oxygen atoms in total. The fourth-order valence-corrected chi connectivity index (χ4v) is 3.33. The van der Waals surface area contributed by atoms with E-state index in [-0.39, 0.29) is 40.8 Å². The van der Waals surface area contributed by atoms with Crippen LogP contribution in [-0.4, -0.2) is 20.9 Å². The number of nitrogens with two attached hydrogens (primary N) is 1. The average molecular weight is 340 g/mol. The van der Waals surface area contributed by atoms with Gasteiger partial charge in [0, 0.05) is 6.54 Å². The maximum Gasteiger partial charge on any atom is 0.256 e. The number of sulfonamides is 1. The van der Waals surface area contributed by atoms with Crippen LogP contribution < -0.4 is 10.5 Å². The second-order valence-electron chi connectivity index (χ2n) is 5.06. The zero-order valence-corrected chi connectivity index (χ0v) is 13.5. The van der Waals surface area contributed by atoms with E-state index in [1.807, 2.05) is 0 Å². The van der Waals surface area contributed by atoms with Crippen molar-refractivity contribution in [2.45, 2.75) is 25.2 Å². The molecule has 3 N–H and O–H groups in total. The number of carbonyl (C=O) groups is 1. The van der Waals surface area contributed by atoms with Gasteiger partial charge < -0.3 is 9.73 Å². The molecule has 0 aliphatic carbocycles. The van der Waals surface area contributed by atoms with Gasteiger partial charge in [0.15, 0.2) is 0 Å². The summed E-state index contributed by atoms with van der Waals surface area (Å²) in [5, 5.41) is 7.69. The first kappa shape index (κ1) is 17.2. The topological polar surface area (TPSA) is 102 Å². The van der Waals surface area contributed by atoms with Crippen LogP contribution in [0.15, 0.2) is 33.6 Å². The van der Waals surface area contributed by atoms with Crippen molar-refractivity contribution in [1.82, 2.24) is 5.32 Å². The molecule has 1 heterocycles. The Hall–Kier alpha value is -2.19. The maximum absolute atomic E-state index is 13.5. The monoisotopic (exact) mass is 340 g/mol. The van der Waals surface area contributed by atoms with E-state index in [1.54, 1.807) is 18.2 Å². The molecule has 0 saturated heterocycles. The van der Waals surface area contributed by atoms with Gasteiger partial charge in [-0.15, -0.1) is 0 Å². The summed E-state index contributed by atoms with van der Waals surface area (Å²) < 4.78 is 41.9. The van der Waals surface area contributed by atoms with Crippen molar-refractivity contribution >= 4 is 15.9 Å². The van der Waals surface area contributed by atoms with Gasteiger partial charge in [-0.2, -0.15) is 0 Å². The molecule has 0 aliphatic rings. The zero-order valence-electron chi connectivity index (χ0n) is 12.7. The molecule has 8 heteroatoms. The van der Waals surface area contributed by atoms with E-state index in [1.165, 1.54) is 19.9 Å². The molecule has 124 valence electrons. The van der Waals surface area contributed by atoms with Crippen LogP contribution in [0.2, 0.25) is 0 Å². The fourth-order valence-electron chi connectivity index (χ4n) is 2.37. The Labute approximate surface area is 133 Å². The van der Waals surface area contributed by atoms with Crippen LogP contribution in [0.5, 0.6) is 0 Å². The van der Waals surface area contributed by atoms with Crippen molar-refractivity contribution in [2.24, 2.45) is 5.14 Å². The molecule has 0 unspecified atom stereocenters. The Morgan fingerprint density at radius 1 is 1.26 bits per heavy atom. The maximum atomic E-state index is 13.5. The molecule has 0 atom stereocenters. The third-order valence-electron chi connectivity index (χ3n) is 3.35. The van der Waals surface area contributed by atoms with Crippen LogP contribution in [0.1, 0.15) is 27.4 Å². The number of amides is 1. The Morgan fingerprint density at radius 2 is 1.91 bits per heavy atom. The van der Waals surface area contributed by atoms with Crippen LogP contribution >= 0.6 is 0 Å². The van der Waals surface area contributed by atoms with E-state index in [0.717, 1.165) is 0 Å². The number of carbonyl (C=O) groups excluding carboxylic acids is 1. The third-order valence-corrected chi connectivity index (χ3v) is 4.42. The second-order valence-corrected chi connectivity index (χ2v) is 6.56. The molecule has 0 aliphatic heterocycles. The molecule has 0 bridgehead atoms. The Kier molecular flexibility index (Phi) is 4.86. The van der Waals surface area contributed by atoms with Crippen molar-refractivity contribution < 1.29 is 22.0 Å². The Morgan fingerprint density at radius 3 is 2.52 bits per heavy atom. The highest BCUT2D eigenvalue weighted by atomic mass is 32.2. The van der Waals surface area contributed by atoms with Gasteiger partial charge in [-0.3, -0.25) is 4.79 Å². The van der Waals surface area contributed by atoms with Gasteiger partial charge in [-0.05, 0) is 31.9 Å². The van der Waals surface area contributed by atoms with Crippen molar-refractivity contribution in [1.29, 1.82) is 0 Å². The number of halogens is 1. The highest BCUT2D eigenvalue weighted by Crippen LogP contribution is 2.25. The summed E-state index contributed by atoms with van der Waals surface area (Å²) in [6.45, 7) is 3.05. The van der Waals surface area contributed by atoms with Crippen LogP contribution in [0.3, 0.4) is 0 Å². The minimum atomic E-state index is -4.09. The molecular formula is C15H17FN2O4S. The lowest BCUT2D eigenvalue weighted by Crippen LogP contribution is -2.28. The summed E-state index contributed by atoms with van der Waals surface area (Å²) in [4.78, 5) is 11.9. The molecule has 1 amide bonds. The predicted octanol–water partition coefficient (Wildman–Crippen LogP) is 1.66. The molecule has 0 fully saturated rings. The van der Waals surface area contributed by atoms with Crippen LogP contribution in [-0.2, 0) is 16.4 Å². The summed E-state index contributed by atoms with van der Waals surface area (Å²) in [5.74, 6) is -0.763. The van der Waals surface area contributed by atoms with E-state index in [9.17, 15) is 17.6 Å². The highest BCUT2D eigenvalue weighted by molar-refractivity contribution is 7.89. The lowest BCUT2D eigenvalue weighted by molar-refractivity contribution is 0.0949. The summed E-state index contributed by atoms with van der Waals surface area (Å²) in [6.07, 6.45) is 0.277. The van der Waals surface area contributed by atoms with Gasteiger partial charge in [-0.1, -0.05) is 18.2 Å². The average Bonchev–Trinajstić information content (AvgIpc) is 2.75. The van der Waals surface area contributed by atoms with Gasteiger partial charge in [0.2, 0.25) is 10.0 Å². The first-order valence-electron chi connectivity index (χ1n) is 6.86. The van der Waals surface area contributed by atoms with Gasteiger partial charge in [-0.25, -0.2) is 17.9 Å². The molecule has 2 rings (SSSR count). The largest absolute Gasteiger partial charge is 0.464 e. The van der Waals surface area contributed by atoms with Gasteiger partial charge in [0.25, 0.3) is 5.91 Å². The van der Waals surface area contributed by atoms with Crippen molar-refractivity contribution in [3.63, 3.8) is 0 Å². The number of aryl methyl sites for hydroxylation is 2. The summed E-state index contributed by atoms with van der Waals surface area (Å²) in [5.41, 5.74) is 0.345. The van der Waals surface area contributed by atoms with Crippen LogP contribution in [0.25, 0.3) is 0 Å². The van der Waals surface area contributed by atoms with Crippen molar-refractivity contribution in [2.75, 3.05) is 6.54 Å². The lowest BCUT2D eigenvalue weighted by Gasteiger charge is -2.07. The van der Waals surface area contributed by atoms with Gasteiger partial charge >= 0.3 is 0 Å². The fraction of sp³-hybridized carbons (Fsp3) is 0.267. The minimum absolute atomic E-state index is 0.0595. The van der Waals surface area contributed by atoms with E-state index >= 15 is 0 Å². The lowest BCUT2D eigenvalue weighted by atomic mass is 10.1. The molecule has 2 aromatic rings. The van der Waals surface area contributed by atoms with Crippen LogP contribution in [0, 0.1) is 19.7 Å². The zero-order chi connectivity index (χ0) is 17.2. The number of hydrogen-bond acceptors (Lipinski definition) is 4. The number of rotatable bonds is 5. The second kappa shape index (κ2) is 6.51. The summed E-state index contributed by atoms with van der Waals surface area (Å²) in [6, 6.07) is 6.22. The van der Waals surface area contributed by atoms with Gasteiger partial charge in [0.05, 0.1) is 0 Å². The molecular weight excluding hydrogens is 323 g/mol. The Bertz CT molecular complexity index is 843. The van der Waals surface area contributed by atoms with Crippen molar-refractivity contribution in [3.05, 3.63) is 52.7 Å². The van der Waals surface area contributed by atoms with E-state index in [0.29, 0.717) is 5.56 Å². The molecule has 1 aromatic heterocycles. The highest BCUT2D eigenvalue weighted by Gasteiger charge is 2.28. The molecule has 0 saturated carbocycles. The molecule has 0 spiro atoms. The summed E-state index contributed by atoms with van der Waals surface area (Å²) in [7, 11) is -4.09. The standard InChI is InChI=1S/C15H17FN2O4S/c1-9-13(14(10(2)22-9)23(17,20)21)15(19)18-8-7-11-5-3-4-6-12(11)16/h3-6H,7-8H2,1-2H3,(H,18,19)(H2,17,20,21). The summed E-state index contributed by atoms with van der Waals surface area (Å²) >= 11 is 0. The van der Waals surface area contributed by atoms with E-state index in [2.05, 4.69) is 5.32 Å². The SMILES string of the molecule is Cc1oc(C)c(S(N)(=O)=O)c1C(=O)NCCc1ccccc1F. The molecule has 1 aromatic carbocycles. The third kappa shape index (κ3) is 3.77. The first-order chi connectivity index (χ1) is 10.7. The Balaban J connectivity index is 2.15. The number of furan rings is 1. The van der Waals surface area contributed by atoms with E-state index < -0.39 is 15.9 Å². The number of benzene rings is 1. The normalized spacial score (nSPS) is 11.5. The van der Waals surface area contributed by atoms with E-state index in [4.69, 9.17) is 9.56 Å². The number of hydrogen-bond donors (Lipinski definition) is 2. The number of nitrogens with one attached hydrogen (secondary N) is 1. The number of primary sulfonamides is 1. The predicted molar refractivity (Wildman–Crippen MR) is 82.0 cm³/mol. The molecule has 23 heavy (non-hydrogen) atoms.